The molecular weight excluding hydrogens is 209 g/mol. The maximum atomic E-state index is 14.6. The van der Waals surface area contributed by atoms with E-state index >= 15 is 0 Å². The third-order valence-corrected chi connectivity index (χ3v) is 3.05. The first-order chi connectivity index (χ1) is 7.53. The van der Waals surface area contributed by atoms with Gasteiger partial charge in [0.15, 0.2) is 5.67 Å². The van der Waals surface area contributed by atoms with E-state index in [1.54, 1.807) is 18.2 Å². The number of carboxylic acids is 1. The minimum atomic E-state index is -1.52. The molecule has 3 nitrogen and oxygen atoms in total. The van der Waals surface area contributed by atoms with Crippen molar-refractivity contribution in [1.82, 2.24) is 4.90 Å². The number of rotatable bonds is 2. The number of hydrogen-bond acceptors (Lipinski definition) is 2. The van der Waals surface area contributed by atoms with Gasteiger partial charge in [0.25, 0.3) is 0 Å². The van der Waals surface area contributed by atoms with Gasteiger partial charge in [0.1, 0.15) is 0 Å². The normalized spacial score (nSPS) is 25.9. The van der Waals surface area contributed by atoms with Gasteiger partial charge in [-0.2, -0.15) is 0 Å². The minimum Gasteiger partial charge on any atom is -0.478 e. The van der Waals surface area contributed by atoms with Gasteiger partial charge in [-0.15, -0.1) is 0 Å². The Labute approximate surface area is 93.5 Å². The molecule has 0 radical (unpaired) electrons. The number of hydrogen-bond donors (Lipinski definition) is 1. The highest BCUT2D eigenvalue weighted by molar-refractivity contribution is 5.89. The Balaban J connectivity index is 2.44. The second-order valence-corrected chi connectivity index (χ2v) is 4.30. The maximum absolute atomic E-state index is 14.6. The van der Waals surface area contributed by atoms with E-state index in [-0.39, 0.29) is 12.1 Å². The summed E-state index contributed by atoms with van der Waals surface area (Å²) in [6, 6.07) is 6.33. The molecule has 1 atom stereocenters. The van der Waals surface area contributed by atoms with E-state index in [4.69, 9.17) is 5.11 Å². The Morgan fingerprint density at radius 3 is 2.75 bits per heavy atom. The summed E-state index contributed by atoms with van der Waals surface area (Å²) in [6.45, 7) is 0.918. The van der Waals surface area contributed by atoms with E-state index < -0.39 is 11.6 Å². The van der Waals surface area contributed by atoms with Gasteiger partial charge in [0, 0.05) is 18.7 Å². The van der Waals surface area contributed by atoms with Gasteiger partial charge in [0.2, 0.25) is 0 Å². The third kappa shape index (κ3) is 1.80. The highest BCUT2D eigenvalue weighted by atomic mass is 19.1. The van der Waals surface area contributed by atoms with Crippen LogP contribution in [0.5, 0.6) is 0 Å². The van der Waals surface area contributed by atoms with Crippen molar-refractivity contribution in [1.29, 1.82) is 0 Å². The van der Waals surface area contributed by atoms with Crippen LogP contribution < -0.4 is 0 Å². The van der Waals surface area contributed by atoms with Crippen LogP contribution in [0.25, 0.3) is 0 Å². The summed E-state index contributed by atoms with van der Waals surface area (Å²) < 4.78 is 14.6. The average Bonchev–Trinajstić information content (AvgIpc) is 2.60. The highest BCUT2D eigenvalue weighted by Crippen LogP contribution is 2.37. The zero-order chi connectivity index (χ0) is 11.8. The molecule has 0 amide bonds. The fourth-order valence-corrected chi connectivity index (χ4v) is 2.23. The van der Waals surface area contributed by atoms with E-state index in [9.17, 15) is 9.18 Å². The van der Waals surface area contributed by atoms with Crippen LogP contribution in [-0.4, -0.2) is 36.1 Å². The van der Waals surface area contributed by atoms with Crippen molar-refractivity contribution in [3.63, 3.8) is 0 Å². The molecule has 1 N–H and O–H groups in total. The molecule has 86 valence electrons. The highest BCUT2D eigenvalue weighted by Gasteiger charge is 2.40. The Bertz CT molecular complexity index is 421. The Hall–Kier alpha value is -1.42. The van der Waals surface area contributed by atoms with Crippen LogP contribution in [-0.2, 0) is 5.67 Å². The van der Waals surface area contributed by atoms with E-state index in [1.807, 2.05) is 11.9 Å². The summed E-state index contributed by atoms with van der Waals surface area (Å²) in [4.78, 5) is 12.9. The molecule has 2 rings (SSSR count). The first-order valence-electron chi connectivity index (χ1n) is 5.23. The molecule has 0 aliphatic carbocycles. The summed E-state index contributed by atoms with van der Waals surface area (Å²) in [6.07, 6.45) is 0.355. The predicted molar refractivity (Wildman–Crippen MR) is 58.3 cm³/mol. The topological polar surface area (TPSA) is 40.5 Å². The van der Waals surface area contributed by atoms with Crippen LogP contribution in [0.1, 0.15) is 22.3 Å². The van der Waals surface area contributed by atoms with Gasteiger partial charge in [-0.05, 0) is 19.5 Å². The van der Waals surface area contributed by atoms with Crippen LogP contribution in [0.15, 0.2) is 24.3 Å². The molecule has 1 aromatic carbocycles. The number of carboxylic acid groups (broad SMARTS) is 1. The van der Waals surface area contributed by atoms with Crippen molar-refractivity contribution in [2.24, 2.45) is 0 Å². The zero-order valence-electron chi connectivity index (χ0n) is 9.11. The number of halogens is 1. The Morgan fingerprint density at radius 1 is 1.50 bits per heavy atom. The van der Waals surface area contributed by atoms with Gasteiger partial charge in [-0.25, -0.2) is 9.18 Å². The van der Waals surface area contributed by atoms with Crippen LogP contribution in [0.2, 0.25) is 0 Å². The minimum absolute atomic E-state index is 0.0697. The van der Waals surface area contributed by atoms with E-state index in [1.165, 1.54) is 6.07 Å². The first-order valence-corrected chi connectivity index (χ1v) is 5.23. The van der Waals surface area contributed by atoms with E-state index in [2.05, 4.69) is 0 Å². The fourth-order valence-electron chi connectivity index (χ4n) is 2.23. The lowest BCUT2D eigenvalue weighted by Crippen LogP contribution is -2.26. The van der Waals surface area contributed by atoms with E-state index in [0.29, 0.717) is 18.5 Å². The van der Waals surface area contributed by atoms with Crippen molar-refractivity contribution in [3.8, 4) is 0 Å². The summed E-state index contributed by atoms with van der Waals surface area (Å²) in [5.41, 5.74) is -1.16. The average molecular weight is 223 g/mol. The second-order valence-electron chi connectivity index (χ2n) is 4.30. The third-order valence-electron chi connectivity index (χ3n) is 3.05. The monoisotopic (exact) mass is 223 g/mol. The van der Waals surface area contributed by atoms with Gasteiger partial charge in [-0.1, -0.05) is 18.2 Å². The number of benzene rings is 1. The number of aromatic carboxylic acids is 1. The molecule has 4 heteroatoms. The standard InChI is InChI=1S/C12H14FNO2/c1-14-7-6-12(13,8-14)10-5-3-2-4-9(10)11(15)16/h2-5H,6-8H2,1H3,(H,15,16). The van der Waals surface area contributed by atoms with Gasteiger partial charge in [-0.3, -0.25) is 0 Å². The maximum Gasteiger partial charge on any atom is 0.336 e. The van der Waals surface area contributed by atoms with Crippen molar-refractivity contribution in [3.05, 3.63) is 35.4 Å². The molecule has 0 bridgehead atoms. The summed E-state index contributed by atoms with van der Waals surface area (Å²) in [7, 11) is 1.84. The van der Waals surface area contributed by atoms with Crippen LogP contribution >= 0.6 is 0 Å². The lowest BCUT2D eigenvalue weighted by molar-refractivity contribution is 0.0686. The first kappa shape index (κ1) is 11.1. The number of likely N-dealkylation sites (N-methyl/N-ethyl adjacent to an activating group) is 1. The molecule has 1 aliphatic heterocycles. The molecule has 0 saturated carbocycles. The molecule has 1 unspecified atom stereocenters. The quantitative estimate of drug-likeness (QED) is 0.832. The van der Waals surface area contributed by atoms with Gasteiger partial charge in [0.05, 0.1) is 5.56 Å². The second kappa shape index (κ2) is 3.87. The van der Waals surface area contributed by atoms with Crippen molar-refractivity contribution >= 4 is 5.97 Å². The molecule has 1 saturated heterocycles. The molecule has 1 aliphatic rings. The summed E-state index contributed by atoms with van der Waals surface area (Å²) in [5.74, 6) is -1.07. The largest absolute Gasteiger partial charge is 0.478 e. The lowest BCUT2D eigenvalue weighted by atomic mass is 9.90. The SMILES string of the molecule is CN1CCC(F)(c2ccccc2C(=O)O)C1. The van der Waals surface area contributed by atoms with Crippen molar-refractivity contribution in [2.45, 2.75) is 12.1 Å². The number of carbonyl (C=O) groups is 1. The number of likely N-dealkylation sites (tertiary alicyclic amines) is 1. The Kier molecular flexibility index (Phi) is 2.68. The van der Waals surface area contributed by atoms with E-state index in [0.717, 1.165) is 0 Å². The van der Waals surface area contributed by atoms with Gasteiger partial charge < -0.3 is 10.0 Å². The number of nitrogens with zero attached hydrogens (tertiary/aromatic N) is 1. The van der Waals surface area contributed by atoms with Crippen LogP contribution in [0.3, 0.4) is 0 Å². The molecule has 16 heavy (non-hydrogen) atoms. The van der Waals surface area contributed by atoms with Crippen LogP contribution in [0.4, 0.5) is 4.39 Å². The predicted octanol–water partition coefficient (Wildman–Crippen LogP) is 1.89. The van der Waals surface area contributed by atoms with Crippen LogP contribution in [0, 0.1) is 0 Å². The molecule has 1 aromatic rings. The molecule has 1 heterocycles. The van der Waals surface area contributed by atoms with Crippen molar-refractivity contribution < 1.29 is 14.3 Å². The summed E-state index contributed by atoms with van der Waals surface area (Å²) in [5, 5.41) is 9.03. The summed E-state index contributed by atoms with van der Waals surface area (Å²) >= 11 is 0. The molecule has 0 aromatic heterocycles. The van der Waals surface area contributed by atoms with Gasteiger partial charge >= 0.3 is 5.97 Å². The lowest BCUT2D eigenvalue weighted by Gasteiger charge is -2.21. The molecule has 0 spiro atoms. The fraction of sp³-hybridized carbons (Fsp3) is 0.417. The zero-order valence-corrected chi connectivity index (χ0v) is 9.11. The smallest absolute Gasteiger partial charge is 0.336 e. The molecule has 1 fully saturated rings. The van der Waals surface area contributed by atoms with Crippen molar-refractivity contribution in [2.75, 3.05) is 20.1 Å². The molecular formula is C12H14FNO2. The number of alkyl halides is 1. The Morgan fingerprint density at radius 2 is 2.19 bits per heavy atom.